The number of rotatable bonds is 8. The summed E-state index contributed by atoms with van der Waals surface area (Å²) in [5.41, 5.74) is -10.6. The topological polar surface area (TPSA) is 34.3 Å². The smallest absolute Gasteiger partial charge is 0.346 e. The molecule has 0 aromatic heterocycles. The van der Waals surface area contributed by atoms with Crippen LogP contribution in [0.25, 0.3) is 0 Å². The lowest BCUT2D eigenvalue weighted by Gasteiger charge is -2.32. The molecule has 3 nitrogen and oxygen atoms in total. The van der Waals surface area contributed by atoms with Crippen LogP contribution in [-0.2, 0) is 25.4 Å². The van der Waals surface area contributed by atoms with Gasteiger partial charge in [0.05, 0.1) is 0 Å². The molecule has 4 atom stereocenters. The third kappa shape index (κ3) is 5.07. The Bertz CT molecular complexity index is 1710. The Kier molecular flexibility index (Phi) is 7.67. The van der Waals surface area contributed by atoms with Crippen molar-refractivity contribution in [1.29, 1.82) is 0 Å². The summed E-state index contributed by atoms with van der Waals surface area (Å²) in [6.45, 7) is 0. The largest absolute Gasteiger partial charge is 0.396 e. The van der Waals surface area contributed by atoms with Gasteiger partial charge in [0.2, 0.25) is 11.2 Å². The Labute approximate surface area is 264 Å². The van der Waals surface area contributed by atoms with E-state index in [9.17, 15) is 17.6 Å². The Balaban J connectivity index is 1.48. The molecule has 4 aromatic carbocycles. The number of hydrogen-bond donors (Lipinski definition) is 0. The molecule has 236 valence electrons. The number of ether oxygens (including phenoxy) is 3. The van der Waals surface area contributed by atoms with Crippen LogP contribution in [-0.4, -0.2) is 12.2 Å². The Morgan fingerprint density at radius 2 is 0.911 bits per heavy atom. The van der Waals surface area contributed by atoms with Crippen LogP contribution in [0.3, 0.4) is 0 Å². The van der Waals surface area contributed by atoms with Gasteiger partial charge >= 0.3 is 12.2 Å². The zero-order chi connectivity index (χ0) is 32.7. The van der Waals surface area contributed by atoms with Crippen molar-refractivity contribution in [2.24, 2.45) is 0 Å². The zero-order valence-corrected chi connectivity index (χ0v) is 25.0. The zero-order valence-electron chi connectivity index (χ0n) is 21.8. The van der Waals surface area contributed by atoms with Gasteiger partial charge in [-0.2, -0.15) is 17.6 Å². The van der Waals surface area contributed by atoms with E-state index in [0.717, 1.165) is 24.3 Å². The summed E-state index contributed by atoms with van der Waals surface area (Å²) in [5.74, 6) is -8.07. The first kappa shape index (κ1) is 32.0. The molecular formula is C30H14Br2F10O3. The van der Waals surface area contributed by atoms with Gasteiger partial charge in [-0.15, -0.1) is 0 Å². The second kappa shape index (κ2) is 10.8. The summed E-state index contributed by atoms with van der Waals surface area (Å²) < 4.78 is 167. The molecule has 0 radical (unpaired) electrons. The maximum atomic E-state index is 16.3. The van der Waals surface area contributed by atoms with Gasteiger partial charge in [0.15, 0.2) is 0 Å². The molecule has 4 unspecified atom stereocenters. The van der Waals surface area contributed by atoms with Gasteiger partial charge in [0, 0.05) is 43.3 Å². The summed E-state index contributed by atoms with van der Waals surface area (Å²) in [5, 5.41) is 0. The van der Waals surface area contributed by atoms with Gasteiger partial charge < -0.3 is 9.47 Å². The fraction of sp³-hybridized carbons (Fsp3) is 0.200. The summed E-state index contributed by atoms with van der Waals surface area (Å²) in [6.07, 6.45) is -14.9. The first-order valence-corrected chi connectivity index (χ1v) is 14.2. The molecule has 6 rings (SSSR count). The quantitative estimate of drug-likeness (QED) is 0.132. The molecular weight excluding hydrogens is 758 g/mol. The summed E-state index contributed by atoms with van der Waals surface area (Å²) in [7, 11) is 0. The molecule has 2 saturated heterocycles. The van der Waals surface area contributed by atoms with Crippen molar-refractivity contribution < 1.29 is 58.1 Å². The second-order valence-electron chi connectivity index (χ2n) is 10.2. The van der Waals surface area contributed by atoms with E-state index in [1.807, 2.05) is 0 Å². The van der Waals surface area contributed by atoms with Gasteiger partial charge in [0.1, 0.15) is 47.1 Å². The molecule has 2 aliphatic rings. The summed E-state index contributed by atoms with van der Waals surface area (Å²) in [6, 6.07) is 8.44. The lowest BCUT2D eigenvalue weighted by Crippen LogP contribution is -2.49. The Morgan fingerprint density at radius 1 is 0.533 bits per heavy atom. The van der Waals surface area contributed by atoms with E-state index in [0.29, 0.717) is 24.3 Å². The third-order valence-corrected chi connectivity index (χ3v) is 8.49. The van der Waals surface area contributed by atoms with E-state index in [4.69, 9.17) is 9.47 Å². The summed E-state index contributed by atoms with van der Waals surface area (Å²) >= 11 is 5.96. The number of hydrogen-bond acceptors (Lipinski definition) is 3. The van der Waals surface area contributed by atoms with Gasteiger partial charge in [-0.3, -0.25) is 0 Å². The molecule has 0 aliphatic carbocycles. The van der Waals surface area contributed by atoms with Crippen LogP contribution < -0.4 is 0 Å². The predicted octanol–water partition coefficient (Wildman–Crippen LogP) is 9.88. The molecule has 0 bridgehead atoms. The fourth-order valence-corrected chi connectivity index (χ4v) is 6.02. The highest BCUT2D eigenvalue weighted by atomic mass is 79.9. The van der Waals surface area contributed by atoms with Crippen LogP contribution in [0.5, 0.6) is 0 Å². The molecule has 15 heteroatoms. The number of epoxide rings is 2. The van der Waals surface area contributed by atoms with Crippen LogP contribution >= 0.6 is 31.9 Å². The normalized spacial score (nSPS) is 24.5. The molecule has 0 amide bonds. The van der Waals surface area contributed by atoms with Crippen LogP contribution in [0.1, 0.15) is 34.5 Å². The van der Waals surface area contributed by atoms with Crippen molar-refractivity contribution in [1.82, 2.24) is 0 Å². The van der Waals surface area contributed by atoms with E-state index in [-0.39, 0.29) is 21.1 Å². The summed E-state index contributed by atoms with van der Waals surface area (Å²) in [4.78, 5) is 0. The highest BCUT2D eigenvalue weighted by Crippen LogP contribution is 2.71. The SMILES string of the molecule is Fc1ccc(C2(C(F)(F)OC(F)(F)C3(c4ccc(F)cc4F)OC3c3ccc(Br)cc3F)OC2c2ccc(Br)cc2F)c(F)c1. The highest BCUT2D eigenvalue weighted by Gasteiger charge is 2.83. The maximum Gasteiger partial charge on any atom is 0.396 e. The minimum absolute atomic E-state index is 0.165. The van der Waals surface area contributed by atoms with E-state index < -0.39 is 92.8 Å². The molecule has 4 aromatic rings. The minimum atomic E-state index is -5.31. The fourth-order valence-electron chi connectivity index (χ4n) is 5.36. The van der Waals surface area contributed by atoms with Crippen molar-refractivity contribution >= 4 is 31.9 Å². The number of alkyl halides is 4. The first-order chi connectivity index (χ1) is 21.0. The standard InChI is InChI=1S/C30H14Br2F10O3/c31-13-1-5-17(21(35)9-13)25-27(43-25,19-7-3-15(33)11-23(19)37)29(39,40)45-30(41,42)28(20-8-4-16(34)12-24(20)38)26(44-28)18-6-2-14(32)10-22(18)36/h1-12,25-26H. The van der Waals surface area contributed by atoms with Crippen molar-refractivity contribution in [3.8, 4) is 0 Å². The van der Waals surface area contributed by atoms with E-state index in [1.54, 1.807) is 0 Å². The van der Waals surface area contributed by atoms with Crippen LogP contribution in [0, 0.1) is 34.9 Å². The predicted molar refractivity (Wildman–Crippen MR) is 143 cm³/mol. The van der Waals surface area contributed by atoms with Gasteiger partial charge in [-0.05, 0) is 48.5 Å². The second-order valence-corrected chi connectivity index (χ2v) is 12.0. The average Bonchev–Trinajstić information content (AvgIpc) is 3.83. The monoisotopic (exact) mass is 770 g/mol. The van der Waals surface area contributed by atoms with Crippen molar-refractivity contribution in [2.75, 3.05) is 0 Å². The lowest BCUT2D eigenvalue weighted by molar-refractivity contribution is -0.415. The molecule has 0 saturated carbocycles. The minimum Gasteiger partial charge on any atom is -0.346 e. The highest BCUT2D eigenvalue weighted by molar-refractivity contribution is 9.10. The number of benzene rings is 4. The van der Waals surface area contributed by atoms with Crippen molar-refractivity contribution in [3.05, 3.63) is 139 Å². The first-order valence-electron chi connectivity index (χ1n) is 12.7. The van der Waals surface area contributed by atoms with Gasteiger partial charge in [-0.1, -0.05) is 44.0 Å². The molecule has 45 heavy (non-hydrogen) atoms. The Hall–Kier alpha value is -2.98. The van der Waals surface area contributed by atoms with E-state index >= 15 is 26.3 Å². The molecule has 0 N–H and O–H groups in total. The molecule has 2 aliphatic heterocycles. The lowest BCUT2D eigenvalue weighted by atomic mass is 9.88. The molecule has 2 heterocycles. The van der Waals surface area contributed by atoms with Crippen LogP contribution in [0.2, 0.25) is 0 Å². The van der Waals surface area contributed by atoms with Crippen LogP contribution in [0.4, 0.5) is 43.9 Å². The van der Waals surface area contributed by atoms with E-state index in [1.165, 1.54) is 12.1 Å². The van der Waals surface area contributed by atoms with Crippen LogP contribution in [0.15, 0.2) is 81.7 Å². The number of halogens is 12. The van der Waals surface area contributed by atoms with Gasteiger partial charge in [0.25, 0.3) is 0 Å². The average molecular weight is 772 g/mol. The molecule has 2 fully saturated rings. The third-order valence-electron chi connectivity index (χ3n) is 7.51. The Morgan fingerprint density at radius 3 is 1.24 bits per heavy atom. The van der Waals surface area contributed by atoms with Crippen molar-refractivity contribution in [3.63, 3.8) is 0 Å². The van der Waals surface area contributed by atoms with Crippen molar-refractivity contribution in [2.45, 2.75) is 35.6 Å². The van der Waals surface area contributed by atoms with E-state index in [2.05, 4.69) is 36.6 Å². The molecule has 0 spiro atoms. The maximum absolute atomic E-state index is 16.3. The van der Waals surface area contributed by atoms with Gasteiger partial charge in [-0.25, -0.2) is 31.1 Å².